The summed E-state index contributed by atoms with van der Waals surface area (Å²) in [5.74, 6) is 0.903. The zero-order valence-corrected chi connectivity index (χ0v) is 9.90. The van der Waals surface area contributed by atoms with Crippen LogP contribution in [0.5, 0.6) is 5.75 Å². The smallest absolute Gasteiger partial charge is 0.220 e. The van der Waals surface area contributed by atoms with Gasteiger partial charge >= 0.3 is 0 Å². The number of nitrogens with zero attached hydrogens (tertiary/aromatic N) is 1. The van der Waals surface area contributed by atoms with Crippen LogP contribution in [0.1, 0.15) is 31.4 Å². The molecular weight excluding hydrogens is 218 g/mol. The molecule has 3 N–H and O–H groups in total. The highest BCUT2D eigenvalue weighted by Crippen LogP contribution is 2.32. The lowest BCUT2D eigenvalue weighted by atomic mass is 9.93. The Bertz CT molecular complexity index is 420. The fourth-order valence-corrected chi connectivity index (χ4v) is 2.07. The minimum absolute atomic E-state index is 0.0716. The number of carbonyl (C=O) groups excluding carboxylic acids is 1. The number of hydrogen-bond acceptors (Lipinski definition) is 4. The Morgan fingerprint density at radius 3 is 3.18 bits per heavy atom. The maximum absolute atomic E-state index is 11.4. The first-order chi connectivity index (χ1) is 8.20. The van der Waals surface area contributed by atoms with Crippen molar-refractivity contribution in [3.05, 3.63) is 18.0 Å². The number of pyridine rings is 1. The maximum atomic E-state index is 11.4. The van der Waals surface area contributed by atoms with Gasteiger partial charge < -0.3 is 15.8 Å². The molecule has 1 aromatic heterocycles. The van der Waals surface area contributed by atoms with Gasteiger partial charge in [-0.15, -0.1) is 0 Å². The Morgan fingerprint density at radius 1 is 1.65 bits per heavy atom. The number of hydrogen-bond donors (Lipinski definition) is 2. The van der Waals surface area contributed by atoms with E-state index in [4.69, 9.17) is 10.5 Å². The number of aromatic nitrogens is 1. The van der Waals surface area contributed by atoms with Crippen LogP contribution in [-0.2, 0) is 4.79 Å². The van der Waals surface area contributed by atoms with Crippen molar-refractivity contribution in [1.82, 2.24) is 10.3 Å². The van der Waals surface area contributed by atoms with Gasteiger partial charge in [0.05, 0.1) is 24.2 Å². The predicted molar refractivity (Wildman–Crippen MR) is 64.8 cm³/mol. The summed E-state index contributed by atoms with van der Waals surface area (Å²) in [6.07, 6.45) is 2.98. The fourth-order valence-electron chi connectivity index (χ4n) is 2.07. The summed E-state index contributed by atoms with van der Waals surface area (Å²) < 4.78 is 5.53. The number of rotatable bonds is 3. The van der Waals surface area contributed by atoms with Crippen LogP contribution in [0.25, 0.3) is 0 Å². The Morgan fingerprint density at radius 2 is 2.47 bits per heavy atom. The average molecular weight is 235 g/mol. The molecule has 0 radical (unpaired) electrons. The van der Waals surface area contributed by atoms with Crippen molar-refractivity contribution in [2.45, 2.75) is 25.7 Å². The molecule has 5 heteroatoms. The van der Waals surface area contributed by atoms with Crippen LogP contribution in [0, 0.1) is 0 Å². The fraction of sp³-hybridized carbons (Fsp3) is 0.500. The third kappa shape index (κ3) is 2.67. The first-order valence-corrected chi connectivity index (χ1v) is 5.85. The van der Waals surface area contributed by atoms with Crippen LogP contribution in [0.3, 0.4) is 0 Å². The summed E-state index contributed by atoms with van der Waals surface area (Å²) >= 11 is 0. The van der Waals surface area contributed by atoms with E-state index in [2.05, 4.69) is 10.3 Å². The van der Waals surface area contributed by atoms with Crippen molar-refractivity contribution in [2.24, 2.45) is 0 Å². The minimum atomic E-state index is 0.0716. The number of nitrogens with two attached hydrogens (primary N) is 1. The number of ether oxygens (including phenoxy) is 1. The number of piperidine rings is 1. The van der Waals surface area contributed by atoms with Gasteiger partial charge in [0.1, 0.15) is 5.75 Å². The van der Waals surface area contributed by atoms with Crippen LogP contribution in [0.2, 0.25) is 0 Å². The normalized spacial score (nSPS) is 19.8. The third-order valence-corrected chi connectivity index (χ3v) is 2.84. The number of nitrogen functional groups attached to an aromatic ring is 1. The molecule has 0 unspecified atom stereocenters. The highest BCUT2D eigenvalue weighted by molar-refractivity contribution is 5.77. The molecule has 1 fully saturated rings. The van der Waals surface area contributed by atoms with Crippen molar-refractivity contribution < 1.29 is 9.53 Å². The van der Waals surface area contributed by atoms with E-state index in [1.54, 1.807) is 12.3 Å². The van der Waals surface area contributed by atoms with Crippen molar-refractivity contribution in [2.75, 3.05) is 18.9 Å². The van der Waals surface area contributed by atoms with Gasteiger partial charge in [0.2, 0.25) is 5.91 Å². The lowest BCUT2D eigenvalue weighted by molar-refractivity contribution is -0.122. The van der Waals surface area contributed by atoms with E-state index >= 15 is 0 Å². The van der Waals surface area contributed by atoms with E-state index in [9.17, 15) is 4.79 Å². The van der Waals surface area contributed by atoms with E-state index in [1.807, 2.05) is 6.92 Å². The number of nitrogens with one attached hydrogen (secondary N) is 1. The van der Waals surface area contributed by atoms with Gasteiger partial charge in [0, 0.05) is 24.9 Å². The van der Waals surface area contributed by atoms with Crippen molar-refractivity contribution in [3.63, 3.8) is 0 Å². The Hall–Kier alpha value is -1.78. The Labute approximate surface area is 100 Å². The van der Waals surface area contributed by atoms with E-state index in [1.165, 1.54) is 0 Å². The molecule has 2 heterocycles. The Balaban J connectivity index is 2.26. The molecule has 0 spiro atoms. The van der Waals surface area contributed by atoms with E-state index in [-0.39, 0.29) is 11.8 Å². The highest BCUT2D eigenvalue weighted by atomic mass is 16.5. The van der Waals surface area contributed by atoms with Gasteiger partial charge in [0.15, 0.2) is 0 Å². The molecule has 1 amide bonds. The molecule has 1 saturated heterocycles. The molecule has 0 bridgehead atoms. The molecule has 1 aromatic rings. The topological polar surface area (TPSA) is 77.2 Å². The second-order valence-electron chi connectivity index (χ2n) is 4.12. The molecule has 0 saturated carbocycles. The molecule has 1 aliphatic rings. The molecule has 17 heavy (non-hydrogen) atoms. The molecule has 1 atom stereocenters. The average Bonchev–Trinajstić information content (AvgIpc) is 2.29. The zero-order chi connectivity index (χ0) is 12.3. The van der Waals surface area contributed by atoms with Gasteiger partial charge in [-0.3, -0.25) is 9.78 Å². The van der Waals surface area contributed by atoms with Gasteiger partial charge in [0.25, 0.3) is 0 Å². The number of carbonyl (C=O) groups is 1. The summed E-state index contributed by atoms with van der Waals surface area (Å²) in [5.41, 5.74) is 7.12. The summed E-state index contributed by atoms with van der Waals surface area (Å²) in [4.78, 5) is 15.7. The largest absolute Gasteiger partial charge is 0.492 e. The van der Waals surface area contributed by atoms with Gasteiger partial charge in [-0.25, -0.2) is 0 Å². The lowest BCUT2D eigenvalue weighted by Crippen LogP contribution is -2.33. The first-order valence-electron chi connectivity index (χ1n) is 5.85. The SMILES string of the molecule is CCOc1cc(N)cnc1[C@H]1CCNC(=O)C1. The first kappa shape index (κ1) is 11.7. The van der Waals surface area contributed by atoms with Gasteiger partial charge in [-0.2, -0.15) is 0 Å². The van der Waals surface area contributed by atoms with Gasteiger partial charge in [-0.05, 0) is 13.3 Å². The van der Waals surface area contributed by atoms with Crippen LogP contribution in [0.15, 0.2) is 12.3 Å². The van der Waals surface area contributed by atoms with Crippen LogP contribution >= 0.6 is 0 Å². The van der Waals surface area contributed by atoms with Gasteiger partial charge in [-0.1, -0.05) is 0 Å². The summed E-state index contributed by atoms with van der Waals surface area (Å²) in [5, 5.41) is 2.81. The third-order valence-electron chi connectivity index (χ3n) is 2.84. The van der Waals surface area contributed by atoms with Crippen LogP contribution < -0.4 is 15.8 Å². The monoisotopic (exact) mass is 235 g/mol. The maximum Gasteiger partial charge on any atom is 0.220 e. The van der Waals surface area contributed by atoms with E-state index in [0.29, 0.717) is 31.0 Å². The summed E-state index contributed by atoms with van der Waals surface area (Å²) in [6, 6.07) is 1.78. The minimum Gasteiger partial charge on any atom is -0.492 e. The molecule has 5 nitrogen and oxygen atoms in total. The van der Waals surface area contributed by atoms with E-state index < -0.39 is 0 Å². The lowest BCUT2D eigenvalue weighted by Gasteiger charge is -2.23. The van der Waals surface area contributed by atoms with Crippen molar-refractivity contribution in [3.8, 4) is 5.75 Å². The summed E-state index contributed by atoms with van der Waals surface area (Å²) in [6.45, 7) is 3.18. The second-order valence-corrected chi connectivity index (χ2v) is 4.12. The standard InChI is InChI=1S/C12H17N3O2/c1-2-17-10-6-9(13)7-15-12(10)8-3-4-14-11(16)5-8/h6-8H,2-5,13H2,1H3,(H,14,16)/t8-/m0/s1. The molecule has 92 valence electrons. The van der Waals surface area contributed by atoms with Crippen LogP contribution in [0.4, 0.5) is 5.69 Å². The van der Waals surface area contributed by atoms with Crippen LogP contribution in [-0.4, -0.2) is 24.0 Å². The quantitative estimate of drug-likeness (QED) is 0.821. The molecule has 2 rings (SSSR count). The highest BCUT2D eigenvalue weighted by Gasteiger charge is 2.24. The predicted octanol–water partition coefficient (Wildman–Crippen LogP) is 1.06. The molecule has 0 aromatic carbocycles. The molecule has 0 aliphatic carbocycles. The summed E-state index contributed by atoms with van der Waals surface area (Å²) in [7, 11) is 0. The van der Waals surface area contributed by atoms with Crippen molar-refractivity contribution in [1.29, 1.82) is 0 Å². The molecular formula is C12H17N3O2. The van der Waals surface area contributed by atoms with Crippen molar-refractivity contribution >= 4 is 11.6 Å². The zero-order valence-electron chi connectivity index (χ0n) is 9.90. The number of anilines is 1. The molecule has 1 aliphatic heterocycles. The van der Waals surface area contributed by atoms with E-state index in [0.717, 1.165) is 12.1 Å². The second kappa shape index (κ2) is 5.03. The Kier molecular flexibility index (Phi) is 3.46. The number of amides is 1.